The van der Waals surface area contributed by atoms with Gasteiger partial charge in [-0.05, 0) is 57.8 Å². The molecule has 0 spiro atoms. The molecule has 1 fully saturated rings. The molecule has 9 nitrogen and oxygen atoms in total. The second kappa shape index (κ2) is 35.3. The van der Waals surface area contributed by atoms with E-state index in [0.29, 0.717) is 12.8 Å². The first-order chi connectivity index (χ1) is 26.3. The van der Waals surface area contributed by atoms with Crippen molar-refractivity contribution in [1.29, 1.82) is 0 Å². The largest absolute Gasteiger partial charge is 0.394 e. The van der Waals surface area contributed by atoms with E-state index in [9.17, 15) is 30.3 Å². The van der Waals surface area contributed by atoms with Gasteiger partial charge in [0.1, 0.15) is 24.4 Å². The molecule has 0 radical (unpaired) electrons. The molecule has 7 unspecified atom stereocenters. The van der Waals surface area contributed by atoms with Gasteiger partial charge in [0, 0.05) is 6.42 Å². The fourth-order valence-corrected chi connectivity index (χ4v) is 6.42. The van der Waals surface area contributed by atoms with Crippen LogP contribution in [0.25, 0.3) is 0 Å². The molecule has 1 heterocycles. The van der Waals surface area contributed by atoms with Gasteiger partial charge in [-0.1, -0.05) is 158 Å². The van der Waals surface area contributed by atoms with Crippen LogP contribution in [0, 0.1) is 0 Å². The highest BCUT2D eigenvalue weighted by Crippen LogP contribution is 2.23. The average molecular weight is 762 g/mol. The van der Waals surface area contributed by atoms with Crippen molar-refractivity contribution in [2.75, 3.05) is 13.2 Å². The normalized spacial score (nSPS) is 22.1. The van der Waals surface area contributed by atoms with E-state index in [1.807, 2.05) is 0 Å². The van der Waals surface area contributed by atoms with Crippen LogP contribution in [0.1, 0.15) is 162 Å². The van der Waals surface area contributed by atoms with Crippen molar-refractivity contribution in [2.45, 2.75) is 204 Å². The second-order valence-electron chi connectivity index (χ2n) is 14.8. The van der Waals surface area contributed by atoms with E-state index in [-0.39, 0.29) is 12.5 Å². The van der Waals surface area contributed by atoms with Crippen molar-refractivity contribution in [3.63, 3.8) is 0 Å². The molecule has 1 rings (SSSR count). The Morgan fingerprint density at radius 1 is 0.648 bits per heavy atom. The maximum absolute atomic E-state index is 12.9. The van der Waals surface area contributed by atoms with Crippen molar-refractivity contribution in [1.82, 2.24) is 5.32 Å². The highest BCUT2D eigenvalue weighted by atomic mass is 16.7. The highest BCUT2D eigenvalue weighted by Gasteiger charge is 2.44. The van der Waals surface area contributed by atoms with Crippen LogP contribution in [0.2, 0.25) is 0 Å². The monoisotopic (exact) mass is 762 g/mol. The Morgan fingerprint density at radius 3 is 1.70 bits per heavy atom. The minimum atomic E-state index is -1.55. The number of aliphatic hydroxyl groups excluding tert-OH is 5. The van der Waals surface area contributed by atoms with Crippen LogP contribution in [-0.4, -0.2) is 87.5 Å². The number of hydrogen-bond acceptors (Lipinski definition) is 8. The van der Waals surface area contributed by atoms with E-state index in [4.69, 9.17) is 9.47 Å². The van der Waals surface area contributed by atoms with Crippen LogP contribution < -0.4 is 5.32 Å². The van der Waals surface area contributed by atoms with Gasteiger partial charge in [-0.2, -0.15) is 0 Å². The Bertz CT molecular complexity index is 1030. The highest BCUT2D eigenvalue weighted by molar-refractivity contribution is 5.76. The maximum Gasteiger partial charge on any atom is 0.220 e. The van der Waals surface area contributed by atoms with Gasteiger partial charge in [-0.15, -0.1) is 0 Å². The minimum Gasteiger partial charge on any atom is -0.394 e. The zero-order valence-corrected chi connectivity index (χ0v) is 34.0. The first kappa shape index (κ1) is 49.9. The molecular formula is C45H79NO8. The summed E-state index contributed by atoms with van der Waals surface area (Å²) in [4.78, 5) is 12.9. The SMILES string of the molecule is CC/C=C\C/C=C\C/C=C\C/C=C\C/C=C\CCCCCCCCCCCC(=O)NC(COC1OC(CO)C(O)C(O)C1O)C(O)CCCCCCCC. The molecule has 0 aromatic carbocycles. The fourth-order valence-electron chi connectivity index (χ4n) is 6.42. The van der Waals surface area contributed by atoms with Crippen molar-refractivity contribution < 1.29 is 39.8 Å². The Kier molecular flexibility index (Phi) is 32.6. The lowest BCUT2D eigenvalue weighted by atomic mass is 9.99. The van der Waals surface area contributed by atoms with Crippen LogP contribution in [-0.2, 0) is 14.3 Å². The van der Waals surface area contributed by atoms with E-state index < -0.39 is 49.5 Å². The van der Waals surface area contributed by atoms with Crippen molar-refractivity contribution in [3.8, 4) is 0 Å². The lowest BCUT2D eigenvalue weighted by Gasteiger charge is -2.40. The zero-order chi connectivity index (χ0) is 39.5. The molecule has 1 amide bonds. The van der Waals surface area contributed by atoms with Crippen molar-refractivity contribution >= 4 is 5.91 Å². The number of nitrogens with one attached hydrogen (secondary N) is 1. The van der Waals surface area contributed by atoms with Gasteiger partial charge in [0.25, 0.3) is 0 Å². The van der Waals surface area contributed by atoms with Gasteiger partial charge in [-0.3, -0.25) is 4.79 Å². The van der Waals surface area contributed by atoms with Gasteiger partial charge in [-0.25, -0.2) is 0 Å². The summed E-state index contributed by atoms with van der Waals surface area (Å²) in [5, 5.41) is 53.9. The number of carbonyl (C=O) groups excluding carboxylic acids is 1. The third-order valence-electron chi connectivity index (χ3n) is 9.89. The number of carbonyl (C=O) groups is 1. The predicted octanol–water partition coefficient (Wildman–Crippen LogP) is 8.44. The van der Waals surface area contributed by atoms with Gasteiger partial charge >= 0.3 is 0 Å². The Hall–Kier alpha value is -2.11. The quantitative estimate of drug-likeness (QED) is 0.0283. The molecule has 6 N–H and O–H groups in total. The van der Waals surface area contributed by atoms with Crippen LogP contribution in [0.3, 0.4) is 0 Å². The minimum absolute atomic E-state index is 0.145. The Labute approximate surface area is 328 Å². The molecule has 1 saturated heterocycles. The number of ether oxygens (including phenoxy) is 2. The summed E-state index contributed by atoms with van der Waals surface area (Å²) < 4.78 is 11.2. The Balaban J connectivity index is 2.20. The van der Waals surface area contributed by atoms with E-state index in [0.717, 1.165) is 77.0 Å². The third kappa shape index (κ3) is 25.9. The first-order valence-electron chi connectivity index (χ1n) is 21.5. The van der Waals surface area contributed by atoms with Gasteiger partial charge in [0.2, 0.25) is 5.91 Å². The van der Waals surface area contributed by atoms with Crippen molar-refractivity contribution in [2.24, 2.45) is 0 Å². The summed E-state index contributed by atoms with van der Waals surface area (Å²) in [6.45, 7) is 3.62. The van der Waals surface area contributed by atoms with E-state index in [1.54, 1.807) is 0 Å². The summed E-state index contributed by atoms with van der Waals surface area (Å²) in [5.74, 6) is -0.160. The summed E-state index contributed by atoms with van der Waals surface area (Å²) in [5.41, 5.74) is 0. The molecule has 1 aliphatic rings. The molecule has 7 atom stereocenters. The van der Waals surface area contributed by atoms with Gasteiger partial charge in [0.05, 0.1) is 25.4 Å². The van der Waals surface area contributed by atoms with E-state index in [2.05, 4.69) is 79.9 Å². The van der Waals surface area contributed by atoms with E-state index in [1.165, 1.54) is 57.8 Å². The average Bonchev–Trinajstić information content (AvgIpc) is 3.17. The molecule has 0 aromatic rings. The number of hydrogen-bond donors (Lipinski definition) is 6. The number of aliphatic hydroxyl groups is 5. The molecule has 0 bridgehead atoms. The van der Waals surface area contributed by atoms with Crippen LogP contribution in [0.15, 0.2) is 60.8 Å². The second-order valence-corrected chi connectivity index (χ2v) is 14.8. The molecule has 0 aromatic heterocycles. The molecule has 0 aliphatic carbocycles. The number of amides is 1. The summed E-state index contributed by atoms with van der Waals surface area (Å²) in [7, 11) is 0. The number of allylic oxidation sites excluding steroid dienone is 10. The molecule has 0 saturated carbocycles. The predicted molar refractivity (Wildman–Crippen MR) is 221 cm³/mol. The molecular weight excluding hydrogens is 682 g/mol. The summed E-state index contributed by atoms with van der Waals surface area (Å²) in [6.07, 6.45) is 38.3. The topological polar surface area (TPSA) is 149 Å². The lowest BCUT2D eigenvalue weighted by molar-refractivity contribution is -0.302. The first-order valence-corrected chi connectivity index (χ1v) is 21.5. The maximum atomic E-state index is 12.9. The third-order valence-corrected chi connectivity index (χ3v) is 9.89. The smallest absolute Gasteiger partial charge is 0.220 e. The van der Waals surface area contributed by atoms with Crippen molar-refractivity contribution in [3.05, 3.63) is 60.8 Å². The molecule has 1 aliphatic heterocycles. The summed E-state index contributed by atoms with van der Waals surface area (Å²) >= 11 is 0. The number of unbranched alkanes of at least 4 members (excludes halogenated alkanes) is 14. The van der Waals surface area contributed by atoms with Gasteiger partial charge in [0.15, 0.2) is 6.29 Å². The fraction of sp³-hybridized carbons (Fsp3) is 0.756. The van der Waals surface area contributed by atoms with Crippen LogP contribution in [0.4, 0.5) is 0 Å². The Morgan fingerprint density at radius 2 is 1.15 bits per heavy atom. The summed E-state index contributed by atoms with van der Waals surface area (Å²) in [6, 6.07) is -0.721. The lowest BCUT2D eigenvalue weighted by Crippen LogP contribution is -2.60. The number of rotatable bonds is 34. The standard InChI is InChI=1S/C45H79NO8/c1-3-5-7-9-11-12-13-14-15-16-17-18-19-20-21-22-23-24-25-26-27-28-29-31-33-35-41(49)46-38(39(48)34-32-30-10-8-6-4-2)37-53-45-44(52)43(51)42(50)40(36-47)54-45/h5,7,11-12,14-15,17-18,20-21,38-40,42-45,47-48,50-52H,3-4,6,8-10,13,16,19,22-37H2,1-2H3,(H,46,49)/b7-5-,12-11-,15-14-,18-17-,21-20-. The zero-order valence-electron chi connectivity index (χ0n) is 34.0. The molecule has 312 valence electrons. The van der Waals surface area contributed by atoms with E-state index >= 15 is 0 Å². The van der Waals surface area contributed by atoms with Crippen LogP contribution >= 0.6 is 0 Å². The van der Waals surface area contributed by atoms with Crippen LogP contribution in [0.5, 0.6) is 0 Å². The molecule has 54 heavy (non-hydrogen) atoms. The van der Waals surface area contributed by atoms with Gasteiger partial charge < -0.3 is 40.3 Å². The molecule has 9 heteroatoms.